The minimum Gasteiger partial charge on any atom is -0.384 e. The van der Waals surface area contributed by atoms with Gasteiger partial charge in [0.1, 0.15) is 12.2 Å². The van der Waals surface area contributed by atoms with Crippen molar-refractivity contribution < 1.29 is 36.6 Å². The third-order valence-electron chi connectivity index (χ3n) is 2.71. The molecule has 0 amide bonds. The summed E-state index contributed by atoms with van der Waals surface area (Å²) in [7, 11) is 0. The van der Waals surface area contributed by atoms with Gasteiger partial charge in [0.05, 0.1) is 0 Å². The van der Waals surface area contributed by atoms with Crippen molar-refractivity contribution in [3.05, 3.63) is 0 Å². The molecule has 0 saturated heterocycles. The van der Waals surface area contributed by atoms with E-state index in [0.717, 1.165) is 0 Å². The third-order valence-corrected chi connectivity index (χ3v) is 2.71. The molecule has 2 N–H and O–H groups in total. The monoisotopic (exact) mass is 296 g/mol. The lowest BCUT2D eigenvalue weighted by Crippen LogP contribution is -2.28. The molecule has 0 bridgehead atoms. The molecule has 116 valence electrons. The summed E-state index contributed by atoms with van der Waals surface area (Å²) < 4.78 is 71.4. The maximum Gasteiger partial charge on any atom is 0.414 e. The van der Waals surface area contributed by atoms with Crippen LogP contribution in [0, 0.1) is 0 Å². The lowest BCUT2D eigenvalue weighted by Gasteiger charge is -2.14. The van der Waals surface area contributed by atoms with Crippen molar-refractivity contribution in [3.63, 3.8) is 0 Å². The van der Waals surface area contributed by atoms with Crippen molar-refractivity contribution in [1.29, 1.82) is 0 Å². The van der Waals surface area contributed by atoms with Gasteiger partial charge in [-0.25, -0.2) is 0 Å². The Morgan fingerprint density at radius 1 is 0.579 bits per heavy atom. The van der Waals surface area contributed by atoms with Gasteiger partial charge in [0.15, 0.2) is 0 Å². The van der Waals surface area contributed by atoms with Crippen LogP contribution in [0.5, 0.6) is 0 Å². The first-order valence-corrected chi connectivity index (χ1v) is 6.04. The molecule has 0 fully saturated rings. The van der Waals surface area contributed by atoms with Gasteiger partial charge in [-0.1, -0.05) is 32.1 Å². The van der Waals surface area contributed by atoms with E-state index in [1.165, 1.54) is 0 Å². The zero-order chi connectivity index (χ0) is 15.1. The second-order valence-corrected chi connectivity index (χ2v) is 4.46. The maximum absolute atomic E-state index is 11.9. The van der Waals surface area contributed by atoms with Crippen molar-refractivity contribution in [1.82, 2.24) is 0 Å². The van der Waals surface area contributed by atoms with Crippen molar-refractivity contribution in [2.45, 2.75) is 69.5 Å². The molecule has 0 rings (SSSR count). The Kier molecular flexibility index (Phi) is 7.73. The Labute approximate surface area is 107 Å². The maximum atomic E-state index is 11.9. The van der Waals surface area contributed by atoms with Gasteiger partial charge in [-0.15, -0.1) is 0 Å². The summed E-state index contributed by atoms with van der Waals surface area (Å²) in [6.07, 6.45) is -13.0. The Hall–Kier alpha value is -0.500. The van der Waals surface area contributed by atoms with Gasteiger partial charge in [-0.05, 0) is 12.8 Å². The van der Waals surface area contributed by atoms with Crippen LogP contribution < -0.4 is 0 Å². The summed E-state index contributed by atoms with van der Waals surface area (Å²) in [5.41, 5.74) is 0. The first-order valence-electron chi connectivity index (χ1n) is 6.04. The van der Waals surface area contributed by atoms with Gasteiger partial charge in [-0.2, -0.15) is 26.3 Å². The summed E-state index contributed by atoms with van der Waals surface area (Å²) in [5.74, 6) is 0. The van der Waals surface area contributed by atoms with E-state index in [-0.39, 0.29) is 12.8 Å². The number of halogens is 6. The van der Waals surface area contributed by atoms with Crippen molar-refractivity contribution in [2.24, 2.45) is 0 Å². The summed E-state index contributed by atoms with van der Waals surface area (Å²) in [6.45, 7) is 0. The highest BCUT2D eigenvalue weighted by atomic mass is 19.4. The average Bonchev–Trinajstić information content (AvgIpc) is 2.24. The molecule has 2 nitrogen and oxygen atoms in total. The number of hydrogen-bond acceptors (Lipinski definition) is 2. The molecule has 8 heteroatoms. The van der Waals surface area contributed by atoms with Crippen LogP contribution in [0.15, 0.2) is 0 Å². The predicted molar refractivity (Wildman–Crippen MR) is 56.4 cm³/mol. The van der Waals surface area contributed by atoms with Crippen LogP contribution in [0.25, 0.3) is 0 Å². The molecule has 0 saturated carbocycles. The Morgan fingerprint density at radius 3 is 1.11 bits per heavy atom. The van der Waals surface area contributed by atoms with Crippen molar-refractivity contribution >= 4 is 0 Å². The minimum atomic E-state index is -4.61. The molecule has 0 heterocycles. The van der Waals surface area contributed by atoms with E-state index in [4.69, 9.17) is 10.2 Å². The van der Waals surface area contributed by atoms with Crippen LogP contribution in [0.4, 0.5) is 26.3 Å². The molecule has 0 aliphatic rings. The predicted octanol–water partition coefficient (Wildman–Crippen LogP) is 3.56. The number of aliphatic hydroxyl groups excluding tert-OH is 2. The average molecular weight is 296 g/mol. The smallest absolute Gasteiger partial charge is 0.384 e. The topological polar surface area (TPSA) is 40.5 Å². The van der Waals surface area contributed by atoms with E-state index < -0.39 is 37.4 Å². The molecule has 19 heavy (non-hydrogen) atoms. The lowest BCUT2D eigenvalue weighted by molar-refractivity contribution is -0.205. The lowest BCUT2D eigenvalue weighted by atomic mass is 10.1. The Bertz CT molecular complexity index is 214. The summed E-state index contributed by atoms with van der Waals surface area (Å²) in [6, 6.07) is 0. The van der Waals surface area contributed by atoms with Crippen LogP contribution in [-0.2, 0) is 0 Å². The fourth-order valence-electron chi connectivity index (χ4n) is 1.53. The molecule has 0 aliphatic heterocycles. The van der Waals surface area contributed by atoms with Gasteiger partial charge in [0.25, 0.3) is 0 Å². The molecule has 0 unspecified atom stereocenters. The van der Waals surface area contributed by atoms with Gasteiger partial charge >= 0.3 is 12.4 Å². The normalized spacial score (nSPS) is 16.4. The largest absolute Gasteiger partial charge is 0.414 e. The summed E-state index contributed by atoms with van der Waals surface area (Å²) in [5, 5.41) is 17.3. The fraction of sp³-hybridized carbons (Fsp3) is 1.00. The van der Waals surface area contributed by atoms with E-state index in [0.29, 0.717) is 19.3 Å². The molecule has 0 radical (unpaired) electrons. The van der Waals surface area contributed by atoms with Crippen LogP contribution >= 0.6 is 0 Å². The van der Waals surface area contributed by atoms with Gasteiger partial charge in [0.2, 0.25) is 0 Å². The Balaban J connectivity index is 3.47. The molecule has 0 spiro atoms. The molecule has 0 aromatic carbocycles. The standard InChI is InChI=1S/C11H18F6O2/c12-10(13,14)8(18)6-4-2-1-3-5-7-9(19)11(15,16)17/h8-9,18-19H,1-7H2/t8-,9-/m0/s1. The number of alkyl halides is 6. The number of unbranched alkanes of at least 4 members (excludes halogenated alkanes) is 4. The molecular weight excluding hydrogens is 278 g/mol. The van der Waals surface area contributed by atoms with E-state index in [9.17, 15) is 26.3 Å². The first kappa shape index (κ1) is 18.5. The third kappa shape index (κ3) is 9.10. The van der Waals surface area contributed by atoms with Crippen LogP contribution in [0.1, 0.15) is 44.9 Å². The fourth-order valence-corrected chi connectivity index (χ4v) is 1.53. The first-order chi connectivity index (χ1) is 8.55. The van der Waals surface area contributed by atoms with E-state index in [2.05, 4.69) is 0 Å². The van der Waals surface area contributed by atoms with E-state index in [1.54, 1.807) is 0 Å². The highest BCUT2D eigenvalue weighted by Gasteiger charge is 2.38. The second-order valence-electron chi connectivity index (χ2n) is 4.46. The summed E-state index contributed by atoms with van der Waals surface area (Å²) in [4.78, 5) is 0. The van der Waals surface area contributed by atoms with Crippen LogP contribution in [0.2, 0.25) is 0 Å². The number of rotatable bonds is 8. The van der Waals surface area contributed by atoms with Crippen LogP contribution in [-0.4, -0.2) is 34.8 Å². The second kappa shape index (κ2) is 7.94. The van der Waals surface area contributed by atoms with E-state index in [1.807, 2.05) is 0 Å². The zero-order valence-electron chi connectivity index (χ0n) is 10.3. The van der Waals surface area contributed by atoms with E-state index >= 15 is 0 Å². The minimum absolute atomic E-state index is 0.169. The molecule has 0 aromatic rings. The van der Waals surface area contributed by atoms with Crippen LogP contribution in [0.3, 0.4) is 0 Å². The highest BCUT2D eigenvalue weighted by molar-refractivity contribution is 4.66. The van der Waals surface area contributed by atoms with Crippen molar-refractivity contribution in [3.8, 4) is 0 Å². The highest BCUT2D eigenvalue weighted by Crippen LogP contribution is 2.25. The number of aliphatic hydroxyl groups is 2. The van der Waals surface area contributed by atoms with Gasteiger partial charge in [0, 0.05) is 0 Å². The van der Waals surface area contributed by atoms with Crippen molar-refractivity contribution in [2.75, 3.05) is 0 Å². The molecular formula is C11H18F6O2. The van der Waals surface area contributed by atoms with Gasteiger partial charge in [-0.3, -0.25) is 0 Å². The molecule has 2 atom stereocenters. The SMILES string of the molecule is O[C@@H](CCCCCCC[C@H](O)C(F)(F)F)C(F)(F)F. The summed E-state index contributed by atoms with van der Waals surface area (Å²) >= 11 is 0. The number of hydrogen-bond donors (Lipinski definition) is 2. The molecule has 0 aliphatic carbocycles. The van der Waals surface area contributed by atoms with Gasteiger partial charge < -0.3 is 10.2 Å². The molecule has 0 aromatic heterocycles. The Morgan fingerprint density at radius 2 is 0.842 bits per heavy atom. The quantitative estimate of drug-likeness (QED) is 0.531. The zero-order valence-corrected chi connectivity index (χ0v) is 10.3.